The highest BCUT2D eigenvalue weighted by Crippen LogP contribution is 2.43. The molecule has 0 aromatic rings. The third-order valence-corrected chi connectivity index (χ3v) is 3.53. The third-order valence-electron chi connectivity index (χ3n) is 3.53. The van der Waals surface area contributed by atoms with Crippen LogP contribution in [-0.2, 0) is 14.3 Å². The molecule has 0 fully saturated rings. The van der Waals surface area contributed by atoms with Crippen LogP contribution in [0.25, 0.3) is 0 Å². The van der Waals surface area contributed by atoms with Gasteiger partial charge in [0, 0.05) is 6.08 Å². The molecule has 0 bridgehead atoms. The third kappa shape index (κ3) is 1.54. The van der Waals surface area contributed by atoms with Gasteiger partial charge in [0.05, 0.1) is 31.2 Å². The van der Waals surface area contributed by atoms with Gasteiger partial charge in [-0.15, -0.1) is 0 Å². The van der Waals surface area contributed by atoms with E-state index in [0.29, 0.717) is 0 Å². The van der Waals surface area contributed by atoms with Crippen LogP contribution in [0.3, 0.4) is 0 Å². The van der Waals surface area contributed by atoms with Crippen molar-refractivity contribution in [2.45, 2.75) is 12.5 Å². The lowest BCUT2D eigenvalue weighted by Gasteiger charge is -2.42. The van der Waals surface area contributed by atoms with E-state index in [0.717, 1.165) is 6.08 Å². The lowest BCUT2D eigenvalue weighted by molar-refractivity contribution is -0.147. The number of Topliss-reactive ketones (excluding diaryl/α,β-unsaturated/α-hetero) is 1. The number of allylic oxidation sites excluding steroid dienone is 3. The summed E-state index contributed by atoms with van der Waals surface area (Å²) in [5.74, 6) is -1.81. The molecule has 0 aromatic heterocycles. The van der Waals surface area contributed by atoms with Gasteiger partial charge in [-0.3, -0.25) is 9.59 Å². The molecule has 0 heterocycles. The largest absolute Gasteiger partial charge is 0.493 e. The van der Waals surface area contributed by atoms with Crippen LogP contribution in [0.5, 0.6) is 0 Å². The fourth-order valence-corrected chi connectivity index (χ4v) is 2.53. The quantitative estimate of drug-likeness (QED) is 0.639. The Labute approximate surface area is 98.4 Å². The van der Waals surface area contributed by atoms with Gasteiger partial charge in [-0.05, 0) is 6.42 Å². The number of aliphatic hydroxyl groups is 2. The van der Waals surface area contributed by atoms with E-state index in [1.54, 1.807) is 6.08 Å². The fourth-order valence-electron chi connectivity index (χ4n) is 2.53. The molecule has 3 atom stereocenters. The topological polar surface area (TPSA) is 83.8 Å². The summed E-state index contributed by atoms with van der Waals surface area (Å²) in [4.78, 5) is 24.1. The van der Waals surface area contributed by atoms with Crippen molar-refractivity contribution in [2.75, 3.05) is 13.7 Å². The Morgan fingerprint density at radius 1 is 1.53 bits per heavy atom. The zero-order valence-corrected chi connectivity index (χ0v) is 9.42. The van der Waals surface area contributed by atoms with Crippen molar-refractivity contribution in [2.24, 2.45) is 11.3 Å². The fraction of sp³-hybridized carbons (Fsp3) is 0.500. The van der Waals surface area contributed by atoms with Crippen LogP contribution >= 0.6 is 0 Å². The number of rotatable bonds is 2. The number of hydrogen-bond donors (Lipinski definition) is 2. The Balaban J connectivity index is 2.54. The van der Waals surface area contributed by atoms with Gasteiger partial charge in [0.2, 0.25) is 5.78 Å². The van der Waals surface area contributed by atoms with Crippen molar-refractivity contribution in [1.29, 1.82) is 0 Å². The maximum absolute atomic E-state index is 12.1. The molecule has 0 aliphatic heterocycles. The first-order valence-corrected chi connectivity index (χ1v) is 5.37. The monoisotopic (exact) mass is 238 g/mol. The van der Waals surface area contributed by atoms with Crippen molar-refractivity contribution in [1.82, 2.24) is 0 Å². The number of aliphatic hydroxyl groups excluding tert-OH is 2. The van der Waals surface area contributed by atoms with Crippen LogP contribution in [0, 0.1) is 11.3 Å². The van der Waals surface area contributed by atoms with E-state index >= 15 is 0 Å². The van der Waals surface area contributed by atoms with Crippen molar-refractivity contribution in [3.8, 4) is 0 Å². The second-order valence-electron chi connectivity index (χ2n) is 4.36. The van der Waals surface area contributed by atoms with E-state index in [9.17, 15) is 19.8 Å². The van der Waals surface area contributed by atoms with Crippen molar-refractivity contribution in [3.05, 3.63) is 24.0 Å². The maximum Gasteiger partial charge on any atom is 0.204 e. The minimum Gasteiger partial charge on any atom is -0.493 e. The Hall–Kier alpha value is -1.46. The Morgan fingerprint density at radius 3 is 2.82 bits per heavy atom. The Kier molecular flexibility index (Phi) is 2.89. The van der Waals surface area contributed by atoms with E-state index in [-0.39, 0.29) is 18.0 Å². The lowest BCUT2D eigenvalue weighted by atomic mass is 9.61. The van der Waals surface area contributed by atoms with E-state index < -0.39 is 29.8 Å². The number of fused-ring (bicyclic) bond motifs is 1. The van der Waals surface area contributed by atoms with Crippen LogP contribution in [-0.4, -0.2) is 41.6 Å². The molecule has 1 unspecified atom stereocenters. The van der Waals surface area contributed by atoms with Crippen LogP contribution in [0.4, 0.5) is 0 Å². The van der Waals surface area contributed by atoms with Crippen LogP contribution in [0.2, 0.25) is 0 Å². The molecule has 2 rings (SSSR count). The Morgan fingerprint density at radius 2 is 2.24 bits per heavy atom. The molecular weight excluding hydrogens is 224 g/mol. The Bertz CT molecular complexity index is 423. The van der Waals surface area contributed by atoms with Gasteiger partial charge < -0.3 is 14.9 Å². The normalized spacial score (nSPS) is 36.5. The average Bonchev–Trinajstić information content (AvgIpc) is 2.33. The molecule has 5 nitrogen and oxygen atoms in total. The maximum atomic E-state index is 12.1. The summed E-state index contributed by atoms with van der Waals surface area (Å²) in [5, 5.41) is 19.3. The first kappa shape index (κ1) is 12.0. The van der Waals surface area contributed by atoms with E-state index in [1.165, 1.54) is 13.2 Å². The average molecular weight is 238 g/mol. The molecule has 92 valence electrons. The summed E-state index contributed by atoms with van der Waals surface area (Å²) in [6.07, 6.45) is 3.40. The number of carbonyl (C=O) groups excluding carboxylic acids is 2. The highest BCUT2D eigenvalue weighted by Gasteiger charge is 2.55. The van der Waals surface area contributed by atoms with Crippen LogP contribution < -0.4 is 0 Å². The summed E-state index contributed by atoms with van der Waals surface area (Å²) in [6.45, 7) is -0.461. The van der Waals surface area contributed by atoms with Crippen molar-refractivity contribution in [3.63, 3.8) is 0 Å². The van der Waals surface area contributed by atoms with Gasteiger partial charge in [0.25, 0.3) is 0 Å². The standard InChI is InChI=1S/C12H14O5/c1-17-8-5-9(15)12(6-13)4-2-3-7(14)10(12)11(8)16/h2-3,5,7,10,13-14H,4,6H2,1H3/t7-,10?,12+/m0/s1. The van der Waals surface area contributed by atoms with Gasteiger partial charge in [0.15, 0.2) is 11.5 Å². The molecule has 17 heavy (non-hydrogen) atoms. The molecule has 0 radical (unpaired) electrons. The molecule has 5 heteroatoms. The van der Waals surface area contributed by atoms with Gasteiger partial charge in [-0.2, -0.15) is 0 Å². The SMILES string of the molecule is COC1=CC(=O)[C@]2(CO)CC=C[C@H](O)C2C1=O. The second kappa shape index (κ2) is 4.09. The molecule has 2 aliphatic rings. The molecule has 0 saturated heterocycles. The molecular formula is C12H14O5. The van der Waals surface area contributed by atoms with Gasteiger partial charge in [-0.25, -0.2) is 0 Å². The molecule has 0 amide bonds. The first-order valence-electron chi connectivity index (χ1n) is 5.37. The molecule has 0 saturated carbocycles. The van der Waals surface area contributed by atoms with E-state index in [1.807, 2.05) is 0 Å². The summed E-state index contributed by atoms with van der Waals surface area (Å²) in [7, 11) is 1.30. The van der Waals surface area contributed by atoms with Crippen LogP contribution in [0.15, 0.2) is 24.0 Å². The van der Waals surface area contributed by atoms with Gasteiger partial charge in [0.1, 0.15) is 0 Å². The van der Waals surface area contributed by atoms with Crippen LogP contribution in [0.1, 0.15) is 6.42 Å². The molecule has 2 N–H and O–H groups in total. The minimum absolute atomic E-state index is 0.0570. The smallest absolute Gasteiger partial charge is 0.204 e. The molecule has 2 aliphatic carbocycles. The van der Waals surface area contributed by atoms with Gasteiger partial charge >= 0.3 is 0 Å². The number of ether oxygens (including phenoxy) is 1. The van der Waals surface area contributed by atoms with Crippen molar-refractivity contribution >= 4 is 11.6 Å². The summed E-state index contributed by atoms with van der Waals surface area (Å²) < 4.78 is 4.83. The first-order chi connectivity index (χ1) is 8.06. The number of ketones is 2. The van der Waals surface area contributed by atoms with E-state index in [4.69, 9.17) is 4.74 Å². The number of carbonyl (C=O) groups is 2. The molecule has 0 aromatic carbocycles. The minimum atomic E-state index is -1.23. The second-order valence-corrected chi connectivity index (χ2v) is 4.36. The van der Waals surface area contributed by atoms with E-state index in [2.05, 4.69) is 0 Å². The predicted molar refractivity (Wildman–Crippen MR) is 57.9 cm³/mol. The predicted octanol–water partition coefficient (Wildman–Crippen LogP) is -0.416. The number of methoxy groups -OCH3 is 1. The lowest BCUT2D eigenvalue weighted by Crippen LogP contribution is -2.54. The summed E-state index contributed by atoms with van der Waals surface area (Å²) in [6, 6.07) is 0. The summed E-state index contributed by atoms with van der Waals surface area (Å²) >= 11 is 0. The summed E-state index contributed by atoms with van der Waals surface area (Å²) in [5.41, 5.74) is -1.23. The van der Waals surface area contributed by atoms with Crippen molar-refractivity contribution < 1.29 is 24.5 Å². The highest BCUT2D eigenvalue weighted by atomic mass is 16.5. The zero-order valence-electron chi connectivity index (χ0n) is 9.42. The zero-order chi connectivity index (χ0) is 12.6. The number of hydrogen-bond acceptors (Lipinski definition) is 5. The van der Waals surface area contributed by atoms with Gasteiger partial charge in [-0.1, -0.05) is 12.2 Å². The molecule has 0 spiro atoms. The highest BCUT2D eigenvalue weighted by molar-refractivity contribution is 6.12.